The van der Waals surface area contributed by atoms with Gasteiger partial charge in [-0.1, -0.05) is 30.3 Å². The number of likely N-dealkylation sites (N-methyl/N-ethyl adjacent to an activating group) is 1. The molecule has 1 N–H and O–H groups in total. The van der Waals surface area contributed by atoms with Crippen LogP contribution in [-0.4, -0.2) is 39.1 Å². The fraction of sp³-hybridized carbons (Fsp3) is 0.222. The lowest BCUT2D eigenvalue weighted by molar-refractivity contribution is -0.121. The second-order valence-electron chi connectivity index (χ2n) is 5.94. The Morgan fingerprint density at radius 2 is 1.74 bits per heavy atom. The molecule has 27 heavy (non-hydrogen) atoms. The van der Waals surface area contributed by atoms with E-state index in [-0.39, 0.29) is 6.42 Å². The lowest BCUT2D eigenvalue weighted by atomic mass is 10.1. The third kappa shape index (κ3) is 3.18. The number of hydrogen-bond donors (Lipinski definition) is 1. The third-order valence-corrected chi connectivity index (χ3v) is 5.84. The summed E-state index contributed by atoms with van der Waals surface area (Å²) in [4.78, 5) is 25.8. The zero-order valence-corrected chi connectivity index (χ0v) is 15.0. The van der Waals surface area contributed by atoms with E-state index in [2.05, 4.69) is 5.32 Å². The summed E-state index contributed by atoms with van der Waals surface area (Å²) in [5.74, 6) is -4.92. The Morgan fingerprint density at radius 1 is 1.11 bits per heavy atom. The van der Waals surface area contributed by atoms with Gasteiger partial charge in [0.15, 0.2) is 0 Å². The largest absolute Gasteiger partial charge is 0.357 e. The molecule has 1 atom stereocenters. The van der Waals surface area contributed by atoms with E-state index in [1.165, 1.54) is 25.2 Å². The number of halogens is 2. The fourth-order valence-electron chi connectivity index (χ4n) is 3.13. The van der Waals surface area contributed by atoms with Gasteiger partial charge in [0.25, 0.3) is 5.91 Å². The average Bonchev–Trinajstić information content (AvgIpc) is 3.06. The zero-order valence-electron chi connectivity index (χ0n) is 14.2. The van der Waals surface area contributed by atoms with Crippen LogP contribution in [0.5, 0.6) is 0 Å². The van der Waals surface area contributed by atoms with Crippen LogP contribution < -0.4 is 10.2 Å². The first-order valence-corrected chi connectivity index (χ1v) is 9.57. The minimum atomic E-state index is -4.98. The number of rotatable bonds is 4. The minimum Gasteiger partial charge on any atom is -0.357 e. The van der Waals surface area contributed by atoms with Crippen LogP contribution in [0.1, 0.15) is 15.9 Å². The summed E-state index contributed by atoms with van der Waals surface area (Å²) in [5.41, 5.74) is 0.775. The number of anilines is 1. The number of carbonyl (C=O) groups is 2. The van der Waals surface area contributed by atoms with Gasteiger partial charge < -0.3 is 5.32 Å². The number of para-hydroxylation sites is 1. The Kier molecular flexibility index (Phi) is 4.97. The molecule has 0 saturated carbocycles. The van der Waals surface area contributed by atoms with Crippen molar-refractivity contribution in [2.24, 2.45) is 0 Å². The van der Waals surface area contributed by atoms with Crippen molar-refractivity contribution in [3.8, 4) is 0 Å². The molecule has 9 heteroatoms. The Labute approximate surface area is 154 Å². The number of carbonyl (C=O) groups excluding carboxylic acids is 2. The normalized spacial score (nSPS) is 16.3. The molecule has 0 unspecified atom stereocenters. The van der Waals surface area contributed by atoms with E-state index in [0.29, 0.717) is 5.69 Å². The zero-order chi connectivity index (χ0) is 19.8. The maximum absolute atomic E-state index is 13.2. The van der Waals surface area contributed by atoms with E-state index < -0.39 is 43.9 Å². The summed E-state index contributed by atoms with van der Waals surface area (Å²) >= 11 is 0. The molecule has 1 aliphatic heterocycles. The van der Waals surface area contributed by atoms with E-state index in [0.717, 1.165) is 16.5 Å². The van der Waals surface area contributed by atoms with Crippen molar-refractivity contribution in [2.75, 3.05) is 11.9 Å². The number of alkyl halides is 2. The van der Waals surface area contributed by atoms with E-state index in [1.807, 2.05) is 0 Å². The molecular weight excluding hydrogens is 378 g/mol. The van der Waals surface area contributed by atoms with E-state index in [4.69, 9.17) is 0 Å². The van der Waals surface area contributed by atoms with Crippen molar-refractivity contribution in [3.63, 3.8) is 0 Å². The van der Waals surface area contributed by atoms with Crippen LogP contribution in [0, 0.1) is 0 Å². The van der Waals surface area contributed by atoms with Gasteiger partial charge in [-0.3, -0.25) is 14.5 Å². The number of hydrogen-bond acceptors (Lipinski definition) is 4. The summed E-state index contributed by atoms with van der Waals surface area (Å²) in [6.07, 6.45) is 0.241. The number of nitrogens with zero attached hydrogens (tertiary/aromatic N) is 1. The van der Waals surface area contributed by atoms with Crippen LogP contribution in [-0.2, 0) is 21.1 Å². The Hall–Kier alpha value is -2.81. The molecule has 0 saturated heterocycles. The van der Waals surface area contributed by atoms with Gasteiger partial charge in [0.2, 0.25) is 15.7 Å². The quantitative estimate of drug-likeness (QED) is 0.860. The molecule has 142 valence electrons. The molecule has 0 spiro atoms. The van der Waals surface area contributed by atoms with Gasteiger partial charge in [-0.25, -0.2) is 8.42 Å². The van der Waals surface area contributed by atoms with Crippen LogP contribution in [0.4, 0.5) is 14.5 Å². The number of fused-ring (bicyclic) bond motifs is 1. The van der Waals surface area contributed by atoms with Crippen molar-refractivity contribution >= 4 is 27.3 Å². The van der Waals surface area contributed by atoms with Gasteiger partial charge in [-0.2, -0.15) is 8.78 Å². The first-order valence-electron chi connectivity index (χ1n) is 8.03. The second-order valence-corrected chi connectivity index (χ2v) is 7.83. The summed E-state index contributed by atoms with van der Waals surface area (Å²) in [6.45, 7) is 0. The Morgan fingerprint density at radius 3 is 2.41 bits per heavy atom. The standard InChI is InChI=1S/C18H16F2N2O4S/c1-21-16(23)14-10-11-6-2-4-8-13(11)22(14)17(24)12-7-3-5-9-15(12)27(25,26)18(19)20/h2-9,14,18H,10H2,1H3,(H,21,23)/t14-/m1/s1. The molecule has 1 aliphatic rings. The van der Waals surface area contributed by atoms with Crippen LogP contribution in [0.2, 0.25) is 0 Å². The molecule has 2 aromatic carbocycles. The molecule has 3 rings (SSSR count). The number of sulfone groups is 1. The molecular formula is C18H16F2N2O4S. The predicted molar refractivity (Wildman–Crippen MR) is 94.4 cm³/mol. The summed E-state index contributed by atoms with van der Waals surface area (Å²) in [6, 6.07) is 10.7. The molecule has 2 aromatic rings. The topological polar surface area (TPSA) is 83.6 Å². The van der Waals surface area contributed by atoms with E-state index in [9.17, 15) is 26.8 Å². The van der Waals surface area contributed by atoms with Crippen molar-refractivity contribution in [1.82, 2.24) is 5.32 Å². The molecule has 0 aliphatic carbocycles. The highest BCUT2D eigenvalue weighted by molar-refractivity contribution is 7.91. The molecule has 0 fully saturated rings. The summed E-state index contributed by atoms with van der Waals surface area (Å²) < 4.78 is 50.1. The first-order chi connectivity index (χ1) is 12.8. The van der Waals surface area contributed by atoms with Crippen LogP contribution in [0.15, 0.2) is 53.4 Å². The van der Waals surface area contributed by atoms with Crippen LogP contribution >= 0.6 is 0 Å². The minimum absolute atomic E-state index is 0.241. The van der Waals surface area contributed by atoms with Crippen molar-refractivity contribution in [2.45, 2.75) is 23.1 Å². The first kappa shape index (κ1) is 19.0. The average molecular weight is 394 g/mol. The molecule has 6 nitrogen and oxygen atoms in total. The monoisotopic (exact) mass is 394 g/mol. The van der Waals surface area contributed by atoms with Gasteiger partial charge in [0.1, 0.15) is 6.04 Å². The van der Waals surface area contributed by atoms with Gasteiger partial charge in [-0.15, -0.1) is 0 Å². The third-order valence-electron chi connectivity index (χ3n) is 4.40. The van der Waals surface area contributed by atoms with Crippen LogP contribution in [0.25, 0.3) is 0 Å². The maximum Gasteiger partial charge on any atom is 0.341 e. The van der Waals surface area contributed by atoms with E-state index >= 15 is 0 Å². The number of nitrogens with one attached hydrogen (secondary N) is 1. The fourth-order valence-corrected chi connectivity index (χ4v) is 4.05. The van der Waals surface area contributed by atoms with Crippen molar-refractivity contribution in [1.29, 1.82) is 0 Å². The highest BCUT2D eigenvalue weighted by Gasteiger charge is 2.40. The number of amides is 2. The lowest BCUT2D eigenvalue weighted by Crippen LogP contribution is -2.47. The Balaban J connectivity index is 2.14. The SMILES string of the molecule is CNC(=O)[C@H]1Cc2ccccc2N1C(=O)c1ccccc1S(=O)(=O)C(F)F. The highest BCUT2D eigenvalue weighted by Crippen LogP contribution is 2.35. The summed E-state index contributed by atoms with van der Waals surface area (Å²) in [7, 11) is -3.56. The smallest absolute Gasteiger partial charge is 0.341 e. The van der Waals surface area contributed by atoms with Crippen molar-refractivity contribution in [3.05, 3.63) is 59.7 Å². The lowest BCUT2D eigenvalue weighted by Gasteiger charge is -2.25. The molecule has 0 radical (unpaired) electrons. The molecule has 2 amide bonds. The van der Waals surface area contributed by atoms with Gasteiger partial charge in [-0.05, 0) is 23.8 Å². The second kappa shape index (κ2) is 7.07. The van der Waals surface area contributed by atoms with Gasteiger partial charge in [0.05, 0.1) is 10.5 Å². The van der Waals surface area contributed by atoms with Crippen molar-refractivity contribution < 1.29 is 26.8 Å². The Bertz CT molecular complexity index is 1010. The summed E-state index contributed by atoms with van der Waals surface area (Å²) in [5, 5.41) is 2.47. The maximum atomic E-state index is 13.2. The molecule has 1 heterocycles. The van der Waals surface area contributed by atoms with Gasteiger partial charge >= 0.3 is 5.76 Å². The number of benzene rings is 2. The molecule has 0 bridgehead atoms. The predicted octanol–water partition coefficient (Wildman–Crippen LogP) is 2.00. The molecule has 0 aromatic heterocycles. The van der Waals surface area contributed by atoms with E-state index in [1.54, 1.807) is 24.3 Å². The highest BCUT2D eigenvalue weighted by atomic mass is 32.2. The van der Waals surface area contributed by atoms with Gasteiger partial charge in [0, 0.05) is 19.2 Å². The van der Waals surface area contributed by atoms with Crippen LogP contribution in [0.3, 0.4) is 0 Å².